The number of pyridine rings is 1. The van der Waals surface area contributed by atoms with Crippen LogP contribution in [0.4, 0.5) is 37.8 Å². The third-order valence-corrected chi connectivity index (χ3v) is 6.57. The molecule has 5 rings (SSSR count). The standard InChI is InChI=1S/C26H23F6N7O4/c27-16-8-15-18(9-14(16)17-3-4-20-22(37-17)33-5-7-42-20)34-12-39(24(15)41)6-1-2-13(11-43-25(28)29)36-19-10-35-38-23(40)21(19)26(30,31)32/h3-4,8-10,12-13,25H,1-2,5-7,11H2,(H,33,37)(H2,36,38,40)/t13-/m1/s1. The second-order valence-electron chi connectivity index (χ2n) is 9.47. The minimum atomic E-state index is -5.05. The zero-order valence-electron chi connectivity index (χ0n) is 22.1. The van der Waals surface area contributed by atoms with Crippen molar-refractivity contribution in [2.45, 2.75) is 38.2 Å². The van der Waals surface area contributed by atoms with E-state index in [1.165, 1.54) is 17.0 Å². The van der Waals surface area contributed by atoms with Crippen LogP contribution in [0.3, 0.4) is 0 Å². The number of aryl methyl sites for hydroxylation is 1. The number of rotatable bonds is 10. The van der Waals surface area contributed by atoms with Gasteiger partial charge >= 0.3 is 12.8 Å². The molecule has 4 aromatic rings. The van der Waals surface area contributed by atoms with Gasteiger partial charge in [-0.1, -0.05) is 0 Å². The van der Waals surface area contributed by atoms with Crippen LogP contribution in [0.1, 0.15) is 18.4 Å². The summed E-state index contributed by atoms with van der Waals surface area (Å²) in [5, 5.41) is 10.5. The predicted molar refractivity (Wildman–Crippen MR) is 142 cm³/mol. The number of hydrogen-bond donors (Lipinski definition) is 3. The highest BCUT2D eigenvalue weighted by molar-refractivity contribution is 5.83. The fraction of sp³-hybridized carbons (Fsp3) is 0.346. The molecule has 0 bridgehead atoms. The van der Waals surface area contributed by atoms with E-state index in [-0.39, 0.29) is 35.9 Å². The number of ether oxygens (including phenoxy) is 2. The molecule has 3 aromatic heterocycles. The molecule has 17 heteroatoms. The first-order valence-corrected chi connectivity index (χ1v) is 12.9. The summed E-state index contributed by atoms with van der Waals surface area (Å²) in [5.41, 5.74) is -3.77. The van der Waals surface area contributed by atoms with Crippen molar-refractivity contribution in [3.8, 4) is 17.0 Å². The van der Waals surface area contributed by atoms with E-state index in [4.69, 9.17) is 4.74 Å². The van der Waals surface area contributed by atoms with Crippen LogP contribution in [-0.2, 0) is 17.5 Å². The maximum atomic E-state index is 15.1. The van der Waals surface area contributed by atoms with Crippen LogP contribution in [0.25, 0.3) is 22.2 Å². The van der Waals surface area contributed by atoms with E-state index in [0.717, 1.165) is 6.07 Å². The first-order valence-electron chi connectivity index (χ1n) is 12.9. The number of nitrogens with one attached hydrogen (secondary N) is 3. The van der Waals surface area contributed by atoms with Gasteiger partial charge in [0, 0.05) is 18.2 Å². The lowest BCUT2D eigenvalue weighted by Gasteiger charge is -2.22. The molecule has 0 spiro atoms. The highest BCUT2D eigenvalue weighted by Gasteiger charge is 2.37. The van der Waals surface area contributed by atoms with Crippen molar-refractivity contribution in [2.24, 2.45) is 0 Å². The number of anilines is 2. The summed E-state index contributed by atoms with van der Waals surface area (Å²) in [6, 6.07) is 4.56. The summed E-state index contributed by atoms with van der Waals surface area (Å²) in [5.74, 6) is 0.280. The quantitative estimate of drug-likeness (QED) is 0.227. The lowest BCUT2D eigenvalue weighted by Crippen LogP contribution is -2.32. The second kappa shape index (κ2) is 12.3. The van der Waals surface area contributed by atoms with Gasteiger partial charge < -0.3 is 20.1 Å². The van der Waals surface area contributed by atoms with Gasteiger partial charge in [-0.15, -0.1) is 0 Å². The first-order chi connectivity index (χ1) is 20.5. The number of alkyl halides is 5. The SMILES string of the molecule is O=c1[nH]ncc(N[C@H](CCCn2cnc3cc(-c4ccc5c(n4)NCCO5)c(F)cc3c2=O)COC(F)F)c1C(F)(F)F. The molecular weight excluding hydrogens is 588 g/mol. The van der Waals surface area contributed by atoms with Crippen LogP contribution in [-0.4, -0.2) is 57.1 Å². The Morgan fingerprint density at radius 1 is 1.19 bits per heavy atom. The van der Waals surface area contributed by atoms with Crippen molar-refractivity contribution in [3.63, 3.8) is 0 Å². The fourth-order valence-corrected chi connectivity index (χ4v) is 4.61. The highest BCUT2D eigenvalue weighted by atomic mass is 19.4. The summed E-state index contributed by atoms with van der Waals surface area (Å²) in [6.45, 7) is -2.93. The van der Waals surface area contributed by atoms with E-state index in [2.05, 4.69) is 30.4 Å². The van der Waals surface area contributed by atoms with Crippen LogP contribution in [0.5, 0.6) is 5.75 Å². The number of aromatic amines is 1. The Kier molecular flexibility index (Phi) is 8.52. The van der Waals surface area contributed by atoms with Gasteiger partial charge in [-0.2, -0.15) is 27.1 Å². The van der Waals surface area contributed by atoms with Crippen LogP contribution in [0.2, 0.25) is 0 Å². The molecular formula is C26H23F6N7O4. The summed E-state index contributed by atoms with van der Waals surface area (Å²) in [7, 11) is 0. The summed E-state index contributed by atoms with van der Waals surface area (Å²) >= 11 is 0. The topological polar surface area (TPSA) is 136 Å². The summed E-state index contributed by atoms with van der Waals surface area (Å²) in [6.07, 6.45) is -3.08. The lowest BCUT2D eigenvalue weighted by atomic mass is 10.1. The van der Waals surface area contributed by atoms with Crippen molar-refractivity contribution in [1.82, 2.24) is 24.7 Å². The molecule has 0 unspecified atom stereocenters. The van der Waals surface area contributed by atoms with Crippen LogP contribution >= 0.6 is 0 Å². The molecule has 11 nitrogen and oxygen atoms in total. The maximum Gasteiger partial charge on any atom is 0.423 e. The van der Waals surface area contributed by atoms with Gasteiger partial charge in [0.05, 0.1) is 48.0 Å². The van der Waals surface area contributed by atoms with Gasteiger partial charge in [0.15, 0.2) is 11.6 Å². The Balaban J connectivity index is 1.33. The van der Waals surface area contributed by atoms with Crippen molar-refractivity contribution < 1.29 is 35.8 Å². The van der Waals surface area contributed by atoms with Crippen LogP contribution < -0.4 is 26.5 Å². The maximum absolute atomic E-state index is 15.1. The van der Waals surface area contributed by atoms with E-state index < -0.39 is 53.6 Å². The van der Waals surface area contributed by atoms with E-state index in [0.29, 0.717) is 36.6 Å². The predicted octanol–water partition coefficient (Wildman–Crippen LogP) is 4.00. The molecule has 43 heavy (non-hydrogen) atoms. The average Bonchev–Trinajstić information content (AvgIpc) is 2.96. The third kappa shape index (κ3) is 6.71. The normalized spacial score (nSPS) is 13.8. The molecule has 0 amide bonds. The summed E-state index contributed by atoms with van der Waals surface area (Å²) < 4.78 is 91.7. The molecule has 1 atom stereocenters. The molecule has 1 aromatic carbocycles. The number of fused-ring (bicyclic) bond motifs is 2. The van der Waals surface area contributed by atoms with Gasteiger partial charge in [0.1, 0.15) is 18.0 Å². The molecule has 0 radical (unpaired) electrons. The molecule has 1 aliphatic heterocycles. The number of nitrogens with zero attached hydrogens (tertiary/aromatic N) is 4. The zero-order chi connectivity index (χ0) is 30.7. The third-order valence-electron chi connectivity index (χ3n) is 6.57. The van der Waals surface area contributed by atoms with Gasteiger partial charge in [0.2, 0.25) is 0 Å². The number of halogens is 6. The molecule has 0 aliphatic carbocycles. The Morgan fingerprint density at radius 2 is 2.00 bits per heavy atom. The number of H-pyrrole nitrogens is 1. The Morgan fingerprint density at radius 3 is 2.77 bits per heavy atom. The van der Waals surface area contributed by atoms with Crippen molar-refractivity contribution in [1.29, 1.82) is 0 Å². The summed E-state index contributed by atoms with van der Waals surface area (Å²) in [4.78, 5) is 33.5. The van der Waals surface area contributed by atoms with E-state index >= 15 is 4.39 Å². The van der Waals surface area contributed by atoms with E-state index in [9.17, 15) is 31.5 Å². The minimum absolute atomic E-state index is 0.0247. The van der Waals surface area contributed by atoms with Gasteiger partial charge in [-0.3, -0.25) is 14.2 Å². The van der Waals surface area contributed by atoms with Crippen molar-refractivity contribution >= 4 is 22.4 Å². The van der Waals surface area contributed by atoms with E-state index in [1.807, 2.05) is 0 Å². The van der Waals surface area contributed by atoms with Gasteiger partial charge in [-0.25, -0.2) is 19.5 Å². The molecule has 3 N–H and O–H groups in total. The van der Waals surface area contributed by atoms with Crippen molar-refractivity contribution in [2.75, 3.05) is 30.4 Å². The number of aromatic nitrogens is 5. The molecule has 228 valence electrons. The van der Waals surface area contributed by atoms with Gasteiger partial charge in [-0.05, 0) is 37.1 Å². The Labute approximate surface area is 237 Å². The number of hydrogen-bond acceptors (Lipinski definition) is 9. The largest absolute Gasteiger partial charge is 0.488 e. The monoisotopic (exact) mass is 611 g/mol. The fourth-order valence-electron chi connectivity index (χ4n) is 4.61. The average molecular weight is 612 g/mol. The van der Waals surface area contributed by atoms with Crippen molar-refractivity contribution in [3.05, 3.63) is 68.9 Å². The Bertz CT molecular complexity index is 1740. The molecule has 0 saturated heterocycles. The smallest absolute Gasteiger partial charge is 0.423 e. The van der Waals surface area contributed by atoms with E-state index in [1.54, 1.807) is 17.2 Å². The molecule has 0 fully saturated rings. The number of benzene rings is 1. The molecule has 0 saturated carbocycles. The van der Waals surface area contributed by atoms with Crippen LogP contribution in [0, 0.1) is 5.82 Å². The minimum Gasteiger partial charge on any atom is -0.488 e. The Hall–Kier alpha value is -4.67. The van der Waals surface area contributed by atoms with Gasteiger partial charge in [0.25, 0.3) is 11.1 Å². The second-order valence-corrected chi connectivity index (χ2v) is 9.47. The first kappa shape index (κ1) is 29.8. The zero-order valence-corrected chi connectivity index (χ0v) is 22.1. The molecule has 4 heterocycles. The highest BCUT2D eigenvalue weighted by Crippen LogP contribution is 2.33. The molecule has 1 aliphatic rings. The van der Waals surface area contributed by atoms with Crippen LogP contribution in [0.15, 0.2) is 46.4 Å². The lowest BCUT2D eigenvalue weighted by molar-refractivity contribution is -0.138.